The van der Waals surface area contributed by atoms with Gasteiger partial charge in [0.1, 0.15) is 11.8 Å². The Kier molecular flexibility index (Phi) is 1.19. The minimum atomic E-state index is 0.561. The number of fused-ring (bicyclic) bond motifs is 1. The molecule has 2 aliphatic heterocycles. The second kappa shape index (κ2) is 2.17. The van der Waals surface area contributed by atoms with Crippen LogP contribution >= 0.6 is 0 Å². The van der Waals surface area contributed by atoms with Crippen molar-refractivity contribution in [3.05, 3.63) is 23.5 Å². The number of allylic oxidation sites excluding steroid dienone is 2. The van der Waals surface area contributed by atoms with Crippen molar-refractivity contribution in [3.8, 4) is 6.07 Å². The molecule has 11 heavy (non-hydrogen) atoms. The third-order valence-electron chi connectivity index (χ3n) is 1.66. The van der Waals surface area contributed by atoms with E-state index in [0.717, 1.165) is 11.1 Å². The second-order valence-corrected chi connectivity index (χ2v) is 2.38. The first-order valence-corrected chi connectivity index (χ1v) is 3.29. The largest absolute Gasteiger partial charge is 0.264 e. The first kappa shape index (κ1) is 6.05. The van der Waals surface area contributed by atoms with Crippen molar-refractivity contribution in [2.75, 3.05) is 0 Å². The average molecular weight is 143 g/mol. The molecule has 0 amide bonds. The molecule has 3 heteroatoms. The summed E-state index contributed by atoms with van der Waals surface area (Å²) in [4.78, 5) is 7.91. The molecular weight excluding hydrogens is 138 g/mol. The van der Waals surface area contributed by atoms with Crippen LogP contribution in [0, 0.1) is 11.3 Å². The predicted octanol–water partition coefficient (Wildman–Crippen LogP) is 1.21. The molecule has 0 aromatic carbocycles. The molecule has 52 valence electrons. The normalized spacial score (nSPS) is 19.7. The van der Waals surface area contributed by atoms with Gasteiger partial charge in [-0.15, -0.1) is 0 Å². The minimum absolute atomic E-state index is 0.561. The summed E-state index contributed by atoms with van der Waals surface area (Å²) in [6.45, 7) is 0. The van der Waals surface area contributed by atoms with E-state index in [4.69, 9.17) is 5.26 Å². The van der Waals surface area contributed by atoms with E-state index in [9.17, 15) is 0 Å². The molecule has 0 saturated carbocycles. The van der Waals surface area contributed by atoms with Crippen LogP contribution in [0.2, 0.25) is 0 Å². The van der Waals surface area contributed by atoms with Crippen molar-refractivity contribution in [2.45, 2.75) is 6.42 Å². The number of aliphatic imine (C=N–C) groups is 2. The first-order valence-electron chi connectivity index (χ1n) is 3.29. The maximum atomic E-state index is 8.53. The Morgan fingerprint density at radius 1 is 1.45 bits per heavy atom. The summed E-state index contributed by atoms with van der Waals surface area (Å²) in [5.74, 6) is 0. The molecule has 0 atom stereocenters. The molecule has 0 radical (unpaired) electrons. The maximum Gasteiger partial charge on any atom is 0.122 e. The second-order valence-electron chi connectivity index (χ2n) is 2.38. The van der Waals surface area contributed by atoms with Crippen LogP contribution in [0.4, 0.5) is 0 Å². The lowest BCUT2D eigenvalue weighted by molar-refractivity contribution is 1.25. The topological polar surface area (TPSA) is 48.5 Å². The SMILES string of the molecule is N#CC1=NC=C2C=NC=C2C1. The summed E-state index contributed by atoms with van der Waals surface area (Å²) < 4.78 is 0. The Balaban J connectivity index is 2.39. The van der Waals surface area contributed by atoms with Gasteiger partial charge in [-0.05, 0) is 5.57 Å². The quantitative estimate of drug-likeness (QED) is 0.502. The predicted molar refractivity (Wildman–Crippen MR) is 42.3 cm³/mol. The number of hydrogen-bond acceptors (Lipinski definition) is 3. The molecule has 3 nitrogen and oxygen atoms in total. The molecule has 0 unspecified atom stereocenters. The smallest absolute Gasteiger partial charge is 0.122 e. The van der Waals surface area contributed by atoms with Crippen molar-refractivity contribution in [2.24, 2.45) is 9.98 Å². The Bertz CT molecular complexity index is 350. The summed E-state index contributed by atoms with van der Waals surface area (Å²) in [6, 6.07) is 2.03. The maximum absolute atomic E-state index is 8.53. The van der Waals surface area contributed by atoms with Crippen LogP contribution in [0.25, 0.3) is 0 Å². The number of nitriles is 1. The molecule has 0 aromatic heterocycles. The highest BCUT2D eigenvalue weighted by molar-refractivity contribution is 6.05. The van der Waals surface area contributed by atoms with E-state index in [2.05, 4.69) is 9.98 Å². The zero-order valence-corrected chi connectivity index (χ0v) is 5.78. The fraction of sp³-hybridized carbons (Fsp3) is 0.125. The third kappa shape index (κ3) is 0.887. The average Bonchev–Trinajstić information content (AvgIpc) is 2.50. The fourth-order valence-electron chi connectivity index (χ4n) is 1.07. The molecule has 2 aliphatic rings. The Hall–Kier alpha value is -1.69. The molecular formula is C8H5N3. The summed E-state index contributed by atoms with van der Waals surface area (Å²) in [5.41, 5.74) is 2.69. The van der Waals surface area contributed by atoms with E-state index in [-0.39, 0.29) is 0 Å². The third-order valence-corrected chi connectivity index (χ3v) is 1.66. The molecule has 0 aromatic rings. The summed E-state index contributed by atoms with van der Waals surface area (Å²) in [7, 11) is 0. The molecule has 0 bridgehead atoms. The van der Waals surface area contributed by atoms with Gasteiger partial charge >= 0.3 is 0 Å². The molecule has 0 aliphatic carbocycles. The highest BCUT2D eigenvalue weighted by Gasteiger charge is 2.14. The van der Waals surface area contributed by atoms with Crippen molar-refractivity contribution >= 4 is 11.9 Å². The lowest BCUT2D eigenvalue weighted by Crippen LogP contribution is -2.02. The van der Waals surface area contributed by atoms with Crippen LogP contribution < -0.4 is 0 Å². The van der Waals surface area contributed by atoms with E-state index in [1.165, 1.54) is 0 Å². The van der Waals surface area contributed by atoms with E-state index in [1.54, 1.807) is 18.6 Å². The summed E-state index contributed by atoms with van der Waals surface area (Å²) >= 11 is 0. The van der Waals surface area contributed by atoms with Gasteiger partial charge in [0.05, 0.1) is 0 Å². The monoisotopic (exact) mass is 143 g/mol. The molecule has 2 heterocycles. The summed E-state index contributed by atoms with van der Waals surface area (Å²) in [5, 5.41) is 8.53. The zero-order chi connectivity index (χ0) is 7.68. The minimum Gasteiger partial charge on any atom is -0.264 e. The number of rotatable bonds is 0. The van der Waals surface area contributed by atoms with Crippen LogP contribution in [0.1, 0.15) is 6.42 Å². The van der Waals surface area contributed by atoms with E-state index in [1.807, 2.05) is 6.07 Å². The molecule has 2 rings (SSSR count). The molecule has 0 spiro atoms. The Morgan fingerprint density at radius 3 is 3.18 bits per heavy atom. The summed E-state index contributed by atoms with van der Waals surface area (Å²) in [6.07, 6.45) is 5.84. The van der Waals surface area contributed by atoms with Crippen LogP contribution in [0.3, 0.4) is 0 Å². The lowest BCUT2D eigenvalue weighted by Gasteiger charge is -2.04. The number of hydrogen-bond donors (Lipinski definition) is 0. The van der Waals surface area contributed by atoms with Crippen LogP contribution in [-0.2, 0) is 0 Å². The van der Waals surface area contributed by atoms with Gasteiger partial charge in [-0.1, -0.05) is 0 Å². The van der Waals surface area contributed by atoms with Gasteiger partial charge in [-0.2, -0.15) is 5.26 Å². The van der Waals surface area contributed by atoms with Crippen LogP contribution in [-0.4, -0.2) is 11.9 Å². The fourth-order valence-corrected chi connectivity index (χ4v) is 1.07. The van der Waals surface area contributed by atoms with E-state index < -0.39 is 0 Å². The van der Waals surface area contributed by atoms with Gasteiger partial charge in [0.2, 0.25) is 0 Å². The van der Waals surface area contributed by atoms with Crippen LogP contribution in [0.15, 0.2) is 33.5 Å². The van der Waals surface area contributed by atoms with Gasteiger partial charge in [-0.3, -0.25) is 4.99 Å². The van der Waals surface area contributed by atoms with Gasteiger partial charge < -0.3 is 0 Å². The van der Waals surface area contributed by atoms with Gasteiger partial charge in [0, 0.05) is 30.6 Å². The molecule has 0 fully saturated rings. The zero-order valence-electron chi connectivity index (χ0n) is 5.78. The van der Waals surface area contributed by atoms with Crippen molar-refractivity contribution in [3.63, 3.8) is 0 Å². The highest BCUT2D eigenvalue weighted by atomic mass is 14.8. The van der Waals surface area contributed by atoms with Crippen molar-refractivity contribution in [1.82, 2.24) is 0 Å². The van der Waals surface area contributed by atoms with Gasteiger partial charge in [-0.25, -0.2) is 4.99 Å². The standard InChI is InChI=1S/C8H5N3/c9-2-8-1-6-3-10-4-7(6)5-11-8/h3-5H,1H2. The van der Waals surface area contributed by atoms with E-state index >= 15 is 0 Å². The van der Waals surface area contributed by atoms with Gasteiger partial charge in [0.15, 0.2) is 0 Å². The first-order chi connectivity index (χ1) is 5.40. The Morgan fingerprint density at radius 2 is 2.36 bits per heavy atom. The van der Waals surface area contributed by atoms with Crippen molar-refractivity contribution < 1.29 is 0 Å². The number of nitrogens with zero attached hydrogens (tertiary/aromatic N) is 3. The lowest BCUT2D eigenvalue weighted by atomic mass is 10.0. The Labute approximate surface area is 64.1 Å². The molecule has 0 N–H and O–H groups in total. The van der Waals surface area contributed by atoms with Crippen LogP contribution in [0.5, 0.6) is 0 Å². The highest BCUT2D eigenvalue weighted by Crippen LogP contribution is 2.21. The van der Waals surface area contributed by atoms with Crippen molar-refractivity contribution in [1.29, 1.82) is 5.26 Å². The molecule has 0 saturated heterocycles. The van der Waals surface area contributed by atoms with E-state index in [0.29, 0.717) is 12.1 Å². The van der Waals surface area contributed by atoms with Gasteiger partial charge in [0.25, 0.3) is 0 Å².